The van der Waals surface area contributed by atoms with Crippen molar-refractivity contribution in [2.24, 2.45) is 23.2 Å². The Morgan fingerprint density at radius 2 is 2.00 bits per heavy atom. The summed E-state index contributed by atoms with van der Waals surface area (Å²) in [6.45, 7) is 12.9. The fourth-order valence-corrected chi connectivity index (χ4v) is 2.83. The average Bonchev–Trinajstić information content (AvgIpc) is 2.55. The molecule has 0 aromatic rings. The molecule has 1 rings (SSSR count). The number of nitrogens with zero attached hydrogens (tertiary/aromatic N) is 1. The third-order valence-corrected chi connectivity index (χ3v) is 4.54. The molecule has 2 atom stereocenters. The van der Waals surface area contributed by atoms with Crippen LogP contribution >= 0.6 is 12.6 Å². The van der Waals surface area contributed by atoms with Crippen LogP contribution in [0.5, 0.6) is 0 Å². The van der Waals surface area contributed by atoms with Crippen LogP contribution in [0.4, 0.5) is 0 Å². The fourth-order valence-electron chi connectivity index (χ4n) is 2.29. The minimum Gasteiger partial charge on any atom is -0.342 e. The molecule has 0 saturated carbocycles. The quantitative estimate of drug-likeness (QED) is 0.767. The van der Waals surface area contributed by atoms with E-state index in [2.05, 4.69) is 52.1 Å². The van der Waals surface area contributed by atoms with Crippen molar-refractivity contribution in [2.45, 2.75) is 41.0 Å². The van der Waals surface area contributed by atoms with Gasteiger partial charge in [-0.05, 0) is 28.9 Å². The lowest BCUT2D eigenvalue weighted by Crippen LogP contribution is -2.34. The number of hydrogen-bond donors (Lipinski definition) is 1. The van der Waals surface area contributed by atoms with Crippen LogP contribution in [0.1, 0.15) is 41.0 Å². The summed E-state index contributed by atoms with van der Waals surface area (Å²) in [5.41, 5.74) is 0.235. The predicted octanol–water partition coefficient (Wildman–Crippen LogP) is 3.08. The van der Waals surface area contributed by atoms with Crippen LogP contribution in [0.3, 0.4) is 0 Å². The van der Waals surface area contributed by atoms with E-state index < -0.39 is 0 Å². The Labute approximate surface area is 112 Å². The van der Waals surface area contributed by atoms with Gasteiger partial charge >= 0.3 is 0 Å². The molecule has 2 unspecified atom stereocenters. The second kappa shape index (κ2) is 5.64. The molecule has 100 valence electrons. The Kier molecular flexibility index (Phi) is 4.94. The summed E-state index contributed by atoms with van der Waals surface area (Å²) in [6.07, 6.45) is 0.723. The topological polar surface area (TPSA) is 20.3 Å². The minimum absolute atomic E-state index is 0.235. The van der Waals surface area contributed by atoms with Gasteiger partial charge in [0.15, 0.2) is 0 Å². The van der Waals surface area contributed by atoms with E-state index in [9.17, 15) is 4.79 Å². The molecule has 1 amide bonds. The molecule has 0 spiro atoms. The SMILES string of the molecule is CC(C)C(CS)CN1CC(C(C)(C)C)CC1=O. The Morgan fingerprint density at radius 3 is 2.35 bits per heavy atom. The van der Waals surface area contributed by atoms with Crippen molar-refractivity contribution >= 4 is 18.5 Å². The van der Waals surface area contributed by atoms with E-state index in [1.807, 2.05) is 0 Å². The molecule has 3 heteroatoms. The molecule has 17 heavy (non-hydrogen) atoms. The fraction of sp³-hybridized carbons (Fsp3) is 0.929. The Morgan fingerprint density at radius 1 is 1.41 bits per heavy atom. The van der Waals surface area contributed by atoms with E-state index in [-0.39, 0.29) is 5.41 Å². The number of rotatable bonds is 4. The van der Waals surface area contributed by atoms with Crippen LogP contribution in [0.2, 0.25) is 0 Å². The van der Waals surface area contributed by atoms with Gasteiger partial charge in [0.05, 0.1) is 0 Å². The van der Waals surface area contributed by atoms with Gasteiger partial charge in [0.2, 0.25) is 5.91 Å². The van der Waals surface area contributed by atoms with Gasteiger partial charge in [-0.25, -0.2) is 0 Å². The largest absolute Gasteiger partial charge is 0.342 e. The van der Waals surface area contributed by atoms with Gasteiger partial charge in [0, 0.05) is 19.5 Å². The van der Waals surface area contributed by atoms with Gasteiger partial charge in [-0.1, -0.05) is 34.6 Å². The number of likely N-dealkylation sites (tertiary alicyclic amines) is 1. The van der Waals surface area contributed by atoms with Crippen LogP contribution in [0.25, 0.3) is 0 Å². The highest BCUT2D eigenvalue weighted by Gasteiger charge is 2.37. The van der Waals surface area contributed by atoms with Gasteiger partial charge in [-0.3, -0.25) is 4.79 Å². The van der Waals surface area contributed by atoms with Gasteiger partial charge in [-0.2, -0.15) is 12.6 Å². The van der Waals surface area contributed by atoms with E-state index in [0.717, 1.165) is 25.3 Å². The number of amides is 1. The van der Waals surface area contributed by atoms with Crippen molar-refractivity contribution in [3.8, 4) is 0 Å². The number of carbonyl (C=O) groups excluding carboxylic acids is 1. The van der Waals surface area contributed by atoms with Gasteiger partial charge < -0.3 is 4.90 Å². The summed E-state index contributed by atoms with van der Waals surface area (Å²) in [5.74, 6) is 2.80. The zero-order chi connectivity index (χ0) is 13.2. The van der Waals surface area contributed by atoms with Crippen molar-refractivity contribution in [2.75, 3.05) is 18.8 Å². The third kappa shape index (κ3) is 3.90. The molecule has 0 N–H and O–H groups in total. The van der Waals surface area contributed by atoms with Crippen molar-refractivity contribution in [3.63, 3.8) is 0 Å². The second-order valence-electron chi connectivity index (χ2n) is 6.75. The zero-order valence-electron chi connectivity index (χ0n) is 11.9. The summed E-state index contributed by atoms with van der Waals surface area (Å²) in [6, 6.07) is 0. The van der Waals surface area contributed by atoms with Gasteiger partial charge in [0.1, 0.15) is 0 Å². The van der Waals surface area contributed by atoms with E-state index in [0.29, 0.717) is 23.7 Å². The first-order valence-corrected chi connectivity index (χ1v) is 7.27. The highest BCUT2D eigenvalue weighted by atomic mass is 32.1. The number of hydrogen-bond acceptors (Lipinski definition) is 2. The van der Waals surface area contributed by atoms with Crippen molar-refractivity contribution < 1.29 is 4.79 Å². The molecular formula is C14H27NOS. The third-order valence-electron chi connectivity index (χ3n) is 4.07. The molecule has 1 aliphatic heterocycles. The molecule has 1 heterocycles. The Balaban J connectivity index is 2.59. The highest BCUT2D eigenvalue weighted by Crippen LogP contribution is 2.34. The van der Waals surface area contributed by atoms with Crippen LogP contribution in [-0.4, -0.2) is 29.6 Å². The average molecular weight is 257 g/mol. The standard InChI is InChI=1S/C14H27NOS/c1-10(2)11(9-17)7-15-8-12(6-13(15)16)14(3,4)5/h10-12,17H,6-9H2,1-5H3. The molecule has 2 nitrogen and oxygen atoms in total. The summed E-state index contributed by atoms with van der Waals surface area (Å²) in [5, 5.41) is 0. The Hall–Kier alpha value is -0.180. The lowest BCUT2D eigenvalue weighted by atomic mass is 9.80. The zero-order valence-corrected chi connectivity index (χ0v) is 12.8. The van der Waals surface area contributed by atoms with Crippen LogP contribution in [0, 0.1) is 23.2 Å². The second-order valence-corrected chi connectivity index (χ2v) is 7.12. The summed E-state index contributed by atoms with van der Waals surface area (Å²) in [4.78, 5) is 14.1. The van der Waals surface area contributed by atoms with Gasteiger partial charge in [0.25, 0.3) is 0 Å². The molecular weight excluding hydrogens is 230 g/mol. The first-order valence-electron chi connectivity index (χ1n) is 6.64. The lowest BCUT2D eigenvalue weighted by Gasteiger charge is -2.29. The van der Waals surface area contributed by atoms with E-state index in [1.54, 1.807) is 0 Å². The molecule has 0 aliphatic carbocycles. The van der Waals surface area contributed by atoms with Crippen molar-refractivity contribution in [1.82, 2.24) is 4.90 Å². The smallest absolute Gasteiger partial charge is 0.222 e. The predicted molar refractivity (Wildman–Crippen MR) is 76.3 cm³/mol. The summed E-state index contributed by atoms with van der Waals surface area (Å²) in [7, 11) is 0. The maximum absolute atomic E-state index is 12.0. The minimum atomic E-state index is 0.235. The molecule has 0 aromatic heterocycles. The lowest BCUT2D eigenvalue weighted by molar-refractivity contribution is -0.128. The van der Waals surface area contributed by atoms with Gasteiger partial charge in [-0.15, -0.1) is 0 Å². The first kappa shape index (κ1) is 14.9. The Bertz CT molecular complexity index is 270. The van der Waals surface area contributed by atoms with E-state index in [1.165, 1.54) is 0 Å². The van der Waals surface area contributed by atoms with Crippen molar-refractivity contribution in [3.05, 3.63) is 0 Å². The number of carbonyl (C=O) groups is 1. The van der Waals surface area contributed by atoms with E-state index in [4.69, 9.17) is 0 Å². The highest BCUT2D eigenvalue weighted by molar-refractivity contribution is 7.80. The molecule has 1 saturated heterocycles. The number of thiol groups is 1. The molecule has 0 aromatic carbocycles. The van der Waals surface area contributed by atoms with Crippen LogP contribution in [0.15, 0.2) is 0 Å². The summed E-state index contributed by atoms with van der Waals surface area (Å²) < 4.78 is 0. The molecule has 1 fully saturated rings. The van der Waals surface area contributed by atoms with Crippen LogP contribution in [-0.2, 0) is 4.79 Å². The van der Waals surface area contributed by atoms with Crippen molar-refractivity contribution in [1.29, 1.82) is 0 Å². The molecule has 0 bridgehead atoms. The maximum Gasteiger partial charge on any atom is 0.222 e. The normalized spacial score (nSPS) is 23.6. The van der Waals surface area contributed by atoms with Crippen LogP contribution < -0.4 is 0 Å². The first-order chi connectivity index (χ1) is 7.75. The van der Waals surface area contributed by atoms with E-state index >= 15 is 0 Å². The molecule has 0 radical (unpaired) electrons. The molecule has 1 aliphatic rings. The summed E-state index contributed by atoms with van der Waals surface area (Å²) >= 11 is 4.40. The maximum atomic E-state index is 12.0. The monoisotopic (exact) mass is 257 g/mol.